The zero-order valence-electron chi connectivity index (χ0n) is 11.3. The van der Waals surface area contributed by atoms with E-state index in [-0.39, 0.29) is 5.76 Å². The van der Waals surface area contributed by atoms with Gasteiger partial charge in [0.25, 0.3) is 0 Å². The number of benzene rings is 2. The standard InChI is InChI=1S/C16H11Br2NO3/c17-12-6-11-7-14(22-15(11)13(18)8-12)16(20)19-21-9-10-4-2-1-3-5-10/h1-8H,9H2,(H,19,20). The summed E-state index contributed by atoms with van der Waals surface area (Å²) in [6.07, 6.45) is 0. The van der Waals surface area contributed by atoms with Gasteiger partial charge in [-0.15, -0.1) is 0 Å². The molecule has 0 aliphatic heterocycles. The third-order valence-electron chi connectivity index (χ3n) is 3.01. The van der Waals surface area contributed by atoms with Crippen LogP contribution in [0.1, 0.15) is 16.1 Å². The fourth-order valence-electron chi connectivity index (χ4n) is 2.00. The maximum absolute atomic E-state index is 12.0. The Morgan fingerprint density at radius 1 is 1.14 bits per heavy atom. The van der Waals surface area contributed by atoms with Crippen LogP contribution in [-0.2, 0) is 11.4 Å². The summed E-state index contributed by atoms with van der Waals surface area (Å²) in [6.45, 7) is 0.294. The van der Waals surface area contributed by atoms with Gasteiger partial charge in [-0.3, -0.25) is 9.63 Å². The topological polar surface area (TPSA) is 51.5 Å². The lowest BCUT2D eigenvalue weighted by molar-refractivity contribution is 0.0214. The molecule has 4 nitrogen and oxygen atoms in total. The van der Waals surface area contributed by atoms with Crippen molar-refractivity contribution in [2.24, 2.45) is 0 Å². The summed E-state index contributed by atoms with van der Waals surface area (Å²) < 4.78 is 7.24. The molecule has 1 heterocycles. The van der Waals surface area contributed by atoms with Crippen molar-refractivity contribution in [2.75, 3.05) is 0 Å². The molecule has 0 saturated heterocycles. The van der Waals surface area contributed by atoms with E-state index >= 15 is 0 Å². The fourth-order valence-corrected chi connectivity index (χ4v) is 3.34. The van der Waals surface area contributed by atoms with Crippen LogP contribution in [0.3, 0.4) is 0 Å². The molecule has 1 amide bonds. The lowest BCUT2D eigenvalue weighted by atomic mass is 10.2. The number of amides is 1. The Hall–Kier alpha value is -1.63. The van der Waals surface area contributed by atoms with Crippen LogP contribution < -0.4 is 5.48 Å². The second kappa shape index (κ2) is 6.64. The minimum Gasteiger partial charge on any atom is -0.450 e. The fraction of sp³-hybridized carbons (Fsp3) is 0.0625. The molecule has 0 aliphatic carbocycles. The highest BCUT2D eigenvalue weighted by Gasteiger charge is 2.14. The van der Waals surface area contributed by atoms with Gasteiger partial charge < -0.3 is 4.42 Å². The van der Waals surface area contributed by atoms with Gasteiger partial charge in [0.15, 0.2) is 5.76 Å². The summed E-state index contributed by atoms with van der Waals surface area (Å²) in [7, 11) is 0. The summed E-state index contributed by atoms with van der Waals surface area (Å²) in [5, 5.41) is 0.828. The number of halogens is 2. The van der Waals surface area contributed by atoms with Gasteiger partial charge >= 0.3 is 5.91 Å². The lowest BCUT2D eigenvalue weighted by Crippen LogP contribution is -2.22. The van der Waals surface area contributed by atoms with Gasteiger partial charge in [-0.05, 0) is 39.7 Å². The SMILES string of the molecule is O=C(NOCc1ccccc1)c1cc2cc(Br)cc(Br)c2o1. The molecule has 3 rings (SSSR count). The van der Waals surface area contributed by atoms with Crippen LogP contribution in [0.25, 0.3) is 11.0 Å². The smallest absolute Gasteiger partial charge is 0.310 e. The predicted molar refractivity (Wildman–Crippen MR) is 90.3 cm³/mol. The van der Waals surface area contributed by atoms with Crippen molar-refractivity contribution in [1.29, 1.82) is 0 Å². The molecule has 22 heavy (non-hydrogen) atoms. The second-order valence-corrected chi connectivity index (χ2v) is 6.39. The van der Waals surface area contributed by atoms with Gasteiger partial charge in [0.2, 0.25) is 0 Å². The molecule has 0 aliphatic rings. The first-order valence-electron chi connectivity index (χ1n) is 6.48. The highest BCUT2D eigenvalue weighted by molar-refractivity contribution is 9.11. The lowest BCUT2D eigenvalue weighted by Gasteiger charge is -2.03. The van der Waals surface area contributed by atoms with Crippen LogP contribution >= 0.6 is 31.9 Å². The monoisotopic (exact) mass is 423 g/mol. The van der Waals surface area contributed by atoms with Crippen molar-refractivity contribution in [2.45, 2.75) is 6.61 Å². The van der Waals surface area contributed by atoms with E-state index in [2.05, 4.69) is 37.3 Å². The molecule has 6 heteroatoms. The van der Waals surface area contributed by atoms with Crippen molar-refractivity contribution in [3.8, 4) is 0 Å². The number of hydrogen-bond donors (Lipinski definition) is 1. The number of carbonyl (C=O) groups excluding carboxylic acids is 1. The third kappa shape index (κ3) is 3.40. The molecule has 0 saturated carbocycles. The van der Waals surface area contributed by atoms with E-state index in [1.807, 2.05) is 42.5 Å². The molecule has 0 spiro atoms. The van der Waals surface area contributed by atoms with Crippen LogP contribution in [0.4, 0.5) is 0 Å². The number of hydroxylamine groups is 1. The number of furan rings is 1. The third-order valence-corrected chi connectivity index (χ3v) is 4.05. The molecule has 0 bridgehead atoms. The molecule has 2 aromatic carbocycles. The van der Waals surface area contributed by atoms with Crippen molar-refractivity contribution in [1.82, 2.24) is 5.48 Å². The number of carbonyl (C=O) groups is 1. The van der Waals surface area contributed by atoms with Crippen LogP contribution in [0.5, 0.6) is 0 Å². The van der Waals surface area contributed by atoms with Crippen LogP contribution in [0, 0.1) is 0 Å². The molecule has 0 radical (unpaired) electrons. The van der Waals surface area contributed by atoms with Gasteiger partial charge in [-0.25, -0.2) is 5.48 Å². The van der Waals surface area contributed by atoms with Crippen LogP contribution in [0.2, 0.25) is 0 Å². The summed E-state index contributed by atoms with van der Waals surface area (Å²) >= 11 is 6.81. The molecule has 1 aromatic heterocycles. The van der Waals surface area contributed by atoms with Gasteiger partial charge in [-0.2, -0.15) is 0 Å². The number of hydrogen-bond acceptors (Lipinski definition) is 3. The highest BCUT2D eigenvalue weighted by Crippen LogP contribution is 2.30. The van der Waals surface area contributed by atoms with Crippen LogP contribution in [-0.4, -0.2) is 5.91 Å². The summed E-state index contributed by atoms with van der Waals surface area (Å²) in [6, 6.07) is 15.0. The number of rotatable bonds is 4. The normalized spacial score (nSPS) is 10.8. The maximum atomic E-state index is 12.0. The number of nitrogens with one attached hydrogen (secondary N) is 1. The highest BCUT2D eigenvalue weighted by atomic mass is 79.9. The van der Waals surface area contributed by atoms with E-state index in [4.69, 9.17) is 9.25 Å². The molecule has 0 unspecified atom stereocenters. The first kappa shape index (κ1) is 15.3. The second-order valence-electron chi connectivity index (χ2n) is 4.62. The van der Waals surface area contributed by atoms with E-state index in [0.717, 1.165) is 19.9 Å². The van der Waals surface area contributed by atoms with E-state index < -0.39 is 5.91 Å². The van der Waals surface area contributed by atoms with Crippen molar-refractivity contribution in [3.05, 3.63) is 68.8 Å². The van der Waals surface area contributed by atoms with Crippen molar-refractivity contribution >= 4 is 48.7 Å². The Morgan fingerprint density at radius 2 is 1.91 bits per heavy atom. The van der Waals surface area contributed by atoms with Crippen molar-refractivity contribution in [3.63, 3.8) is 0 Å². The zero-order valence-corrected chi connectivity index (χ0v) is 14.5. The molecule has 0 fully saturated rings. The van der Waals surface area contributed by atoms with E-state index in [0.29, 0.717) is 12.2 Å². The van der Waals surface area contributed by atoms with E-state index in [9.17, 15) is 4.79 Å². The Bertz CT molecular complexity index is 815. The average molecular weight is 425 g/mol. The van der Waals surface area contributed by atoms with Crippen LogP contribution in [0.15, 0.2) is 61.9 Å². The van der Waals surface area contributed by atoms with E-state index in [1.54, 1.807) is 6.07 Å². The van der Waals surface area contributed by atoms with Gasteiger partial charge in [-0.1, -0.05) is 46.3 Å². The van der Waals surface area contributed by atoms with Crippen molar-refractivity contribution < 1.29 is 14.0 Å². The largest absolute Gasteiger partial charge is 0.450 e. The minimum absolute atomic E-state index is 0.196. The maximum Gasteiger partial charge on any atom is 0.310 e. The first-order chi connectivity index (χ1) is 10.6. The Balaban J connectivity index is 1.69. The quantitative estimate of drug-likeness (QED) is 0.611. The first-order valence-corrected chi connectivity index (χ1v) is 8.07. The van der Waals surface area contributed by atoms with Gasteiger partial charge in [0.1, 0.15) is 5.58 Å². The summed E-state index contributed by atoms with van der Waals surface area (Å²) in [5.41, 5.74) is 3.98. The molecule has 0 atom stereocenters. The van der Waals surface area contributed by atoms with E-state index in [1.165, 1.54) is 0 Å². The summed E-state index contributed by atoms with van der Waals surface area (Å²) in [4.78, 5) is 17.2. The predicted octanol–water partition coefficient (Wildman–Crippen LogP) is 4.82. The Labute approximate surface area is 143 Å². The molecule has 1 N–H and O–H groups in total. The van der Waals surface area contributed by atoms with Gasteiger partial charge in [0, 0.05) is 9.86 Å². The minimum atomic E-state index is -0.421. The molecule has 112 valence electrons. The molecule has 3 aromatic rings. The Kier molecular flexibility index (Phi) is 4.61. The Morgan fingerprint density at radius 3 is 2.68 bits per heavy atom. The average Bonchev–Trinajstić information content (AvgIpc) is 2.92. The molecular formula is C16H11Br2NO3. The van der Waals surface area contributed by atoms with Gasteiger partial charge in [0.05, 0.1) is 11.1 Å². The zero-order chi connectivity index (χ0) is 15.5. The molecular weight excluding hydrogens is 414 g/mol. The summed E-state index contributed by atoms with van der Waals surface area (Å²) in [5.74, 6) is -0.225. The number of fused-ring (bicyclic) bond motifs is 1.